The van der Waals surface area contributed by atoms with Crippen LogP contribution in [0.15, 0.2) is 25.3 Å². The van der Waals surface area contributed by atoms with Crippen molar-refractivity contribution in [2.45, 2.75) is 26.2 Å². The van der Waals surface area contributed by atoms with Crippen LogP contribution in [0.5, 0.6) is 0 Å². The highest BCUT2D eigenvalue weighted by Crippen LogP contribution is 2.48. The zero-order chi connectivity index (χ0) is 13.3. The number of carbonyl (C=O) groups excluding carboxylic acids is 2. The van der Waals surface area contributed by atoms with Crippen molar-refractivity contribution in [1.29, 1.82) is 0 Å². The third-order valence-electron chi connectivity index (χ3n) is 4.30. The Balaban J connectivity index is 2.24. The minimum atomic E-state index is -0.185. The Morgan fingerprint density at radius 1 is 1.17 bits per heavy atom. The molecule has 1 aliphatic heterocycles. The normalized spacial score (nSPS) is 34.8. The van der Waals surface area contributed by atoms with Gasteiger partial charge in [-0.2, -0.15) is 0 Å². The second kappa shape index (κ2) is 5.09. The van der Waals surface area contributed by atoms with Crippen molar-refractivity contribution in [3.63, 3.8) is 0 Å². The molecule has 1 saturated heterocycles. The maximum Gasteiger partial charge on any atom is 0.233 e. The first-order chi connectivity index (χ1) is 8.65. The number of rotatable bonds is 5. The van der Waals surface area contributed by atoms with Crippen molar-refractivity contribution in [3.8, 4) is 0 Å². The summed E-state index contributed by atoms with van der Waals surface area (Å²) in [6.45, 7) is 10.2. The monoisotopic (exact) mass is 247 g/mol. The van der Waals surface area contributed by atoms with Gasteiger partial charge in [0.25, 0.3) is 0 Å². The second-order valence-corrected chi connectivity index (χ2v) is 5.27. The van der Waals surface area contributed by atoms with E-state index in [0.29, 0.717) is 6.54 Å². The lowest BCUT2D eigenvalue weighted by molar-refractivity contribution is -0.140. The van der Waals surface area contributed by atoms with Gasteiger partial charge in [0.2, 0.25) is 11.8 Å². The topological polar surface area (TPSA) is 37.4 Å². The van der Waals surface area contributed by atoms with Gasteiger partial charge in [-0.1, -0.05) is 25.5 Å². The van der Waals surface area contributed by atoms with Crippen LogP contribution >= 0.6 is 0 Å². The van der Waals surface area contributed by atoms with Gasteiger partial charge in [0.15, 0.2) is 0 Å². The summed E-state index contributed by atoms with van der Waals surface area (Å²) in [6, 6.07) is 0. The predicted octanol–water partition coefficient (Wildman–Crippen LogP) is 2.40. The van der Waals surface area contributed by atoms with Gasteiger partial charge in [-0.25, -0.2) is 0 Å². The van der Waals surface area contributed by atoms with Crippen molar-refractivity contribution in [3.05, 3.63) is 25.3 Å². The van der Waals surface area contributed by atoms with E-state index in [1.54, 1.807) is 0 Å². The molecular weight excluding hydrogens is 226 g/mol. The lowest BCUT2D eigenvalue weighted by Crippen LogP contribution is -2.34. The number of hydrogen-bond acceptors (Lipinski definition) is 2. The molecular formula is C15H21NO2. The third-order valence-corrected chi connectivity index (χ3v) is 4.30. The number of nitrogens with zero attached hydrogens (tertiary/aromatic N) is 1. The molecule has 0 spiro atoms. The third kappa shape index (κ3) is 1.82. The van der Waals surface area contributed by atoms with Crippen molar-refractivity contribution in [2.24, 2.45) is 23.7 Å². The predicted molar refractivity (Wildman–Crippen MR) is 70.6 cm³/mol. The summed E-state index contributed by atoms with van der Waals surface area (Å²) in [5.74, 6) is -0.104. The Hall–Kier alpha value is -1.38. The first-order valence-electron chi connectivity index (χ1n) is 6.76. The van der Waals surface area contributed by atoms with E-state index in [2.05, 4.69) is 20.1 Å². The number of fused-ring (bicyclic) bond motifs is 1. The zero-order valence-corrected chi connectivity index (χ0v) is 11.0. The molecule has 1 heterocycles. The van der Waals surface area contributed by atoms with Gasteiger partial charge in [-0.05, 0) is 24.7 Å². The van der Waals surface area contributed by atoms with Crippen LogP contribution in [0, 0.1) is 23.7 Å². The van der Waals surface area contributed by atoms with Gasteiger partial charge in [0.1, 0.15) is 0 Å². The highest BCUT2D eigenvalue weighted by Gasteiger charge is 2.56. The van der Waals surface area contributed by atoms with Gasteiger partial charge in [0.05, 0.1) is 11.8 Å². The van der Waals surface area contributed by atoms with Crippen molar-refractivity contribution in [2.75, 3.05) is 6.54 Å². The summed E-state index contributed by atoms with van der Waals surface area (Å²) in [5, 5.41) is 0. The van der Waals surface area contributed by atoms with Crippen molar-refractivity contribution in [1.82, 2.24) is 4.90 Å². The van der Waals surface area contributed by atoms with Gasteiger partial charge >= 0.3 is 0 Å². The maximum absolute atomic E-state index is 12.4. The van der Waals surface area contributed by atoms with Gasteiger partial charge in [-0.3, -0.25) is 14.5 Å². The SMILES string of the molecule is C=CC1CC(C=C)C2C(=O)N(CCCC)C(=O)C12. The maximum atomic E-state index is 12.4. The molecule has 3 heteroatoms. The molecule has 2 aliphatic rings. The van der Waals surface area contributed by atoms with Crippen LogP contribution in [0.4, 0.5) is 0 Å². The molecule has 2 fully saturated rings. The van der Waals surface area contributed by atoms with Crippen LogP contribution in [0.25, 0.3) is 0 Å². The fraction of sp³-hybridized carbons (Fsp3) is 0.600. The molecule has 0 aromatic rings. The average Bonchev–Trinajstić information content (AvgIpc) is 2.86. The molecule has 0 aromatic carbocycles. The van der Waals surface area contributed by atoms with Gasteiger partial charge in [-0.15, -0.1) is 13.2 Å². The summed E-state index contributed by atoms with van der Waals surface area (Å²) in [7, 11) is 0. The summed E-state index contributed by atoms with van der Waals surface area (Å²) in [6.07, 6.45) is 6.36. The molecule has 2 amide bonds. The molecule has 4 unspecified atom stereocenters. The molecule has 0 radical (unpaired) electrons. The Morgan fingerprint density at radius 3 is 2.06 bits per heavy atom. The number of likely N-dealkylation sites (tertiary alicyclic amines) is 1. The van der Waals surface area contributed by atoms with E-state index >= 15 is 0 Å². The van der Waals surface area contributed by atoms with Crippen LogP contribution in [-0.2, 0) is 9.59 Å². The highest BCUT2D eigenvalue weighted by atomic mass is 16.2. The van der Waals surface area contributed by atoms with Gasteiger partial charge < -0.3 is 0 Å². The molecule has 3 nitrogen and oxygen atoms in total. The number of unbranched alkanes of at least 4 members (excludes halogenated alkanes) is 1. The average molecular weight is 247 g/mol. The van der Waals surface area contributed by atoms with E-state index in [1.165, 1.54) is 4.90 Å². The summed E-state index contributed by atoms with van der Waals surface area (Å²) in [5.41, 5.74) is 0. The van der Waals surface area contributed by atoms with Crippen LogP contribution in [0.1, 0.15) is 26.2 Å². The second-order valence-electron chi connectivity index (χ2n) is 5.27. The molecule has 1 aliphatic carbocycles. The standard InChI is InChI=1S/C15H21NO2/c1-4-7-8-16-14(17)12-10(5-2)9-11(6-3)13(12)15(16)18/h5-6,10-13H,2-4,7-9H2,1H3. The van der Waals surface area contributed by atoms with Crippen LogP contribution in [-0.4, -0.2) is 23.3 Å². The molecule has 2 rings (SSSR count). The molecule has 0 aromatic heterocycles. The van der Waals surface area contributed by atoms with E-state index in [-0.39, 0.29) is 35.5 Å². The highest BCUT2D eigenvalue weighted by molar-refractivity contribution is 6.06. The number of amides is 2. The first kappa shape index (κ1) is 13.1. The zero-order valence-electron chi connectivity index (χ0n) is 11.0. The van der Waals surface area contributed by atoms with E-state index in [4.69, 9.17) is 0 Å². The molecule has 0 bridgehead atoms. The Morgan fingerprint density at radius 2 is 1.67 bits per heavy atom. The first-order valence-corrected chi connectivity index (χ1v) is 6.76. The minimum absolute atomic E-state index is 0.00713. The molecule has 1 saturated carbocycles. The van der Waals surface area contributed by atoms with Crippen LogP contribution in [0.3, 0.4) is 0 Å². The molecule has 0 N–H and O–H groups in total. The fourth-order valence-electron chi connectivity index (χ4n) is 3.30. The number of hydrogen-bond donors (Lipinski definition) is 0. The van der Waals surface area contributed by atoms with E-state index in [0.717, 1.165) is 19.3 Å². The number of carbonyl (C=O) groups is 2. The van der Waals surface area contributed by atoms with E-state index < -0.39 is 0 Å². The Labute approximate surface area is 109 Å². The fourth-order valence-corrected chi connectivity index (χ4v) is 3.30. The number of imide groups is 1. The van der Waals surface area contributed by atoms with Crippen molar-refractivity contribution < 1.29 is 9.59 Å². The van der Waals surface area contributed by atoms with Crippen LogP contribution < -0.4 is 0 Å². The van der Waals surface area contributed by atoms with E-state index in [9.17, 15) is 9.59 Å². The van der Waals surface area contributed by atoms with Gasteiger partial charge in [0, 0.05) is 6.54 Å². The quantitative estimate of drug-likeness (QED) is 0.552. The Bertz CT molecular complexity index is 356. The summed E-state index contributed by atoms with van der Waals surface area (Å²) >= 11 is 0. The van der Waals surface area contributed by atoms with E-state index in [1.807, 2.05) is 12.2 Å². The molecule has 4 atom stereocenters. The lowest BCUT2D eigenvalue weighted by Gasteiger charge is -2.18. The van der Waals surface area contributed by atoms with Crippen LogP contribution in [0.2, 0.25) is 0 Å². The molecule has 18 heavy (non-hydrogen) atoms. The minimum Gasteiger partial charge on any atom is -0.282 e. The summed E-state index contributed by atoms with van der Waals surface area (Å²) < 4.78 is 0. The molecule has 98 valence electrons. The lowest BCUT2D eigenvalue weighted by atomic mass is 9.89. The number of allylic oxidation sites excluding steroid dienone is 2. The largest absolute Gasteiger partial charge is 0.282 e. The summed E-state index contributed by atoms with van der Waals surface area (Å²) in [4.78, 5) is 26.2. The van der Waals surface area contributed by atoms with Crippen molar-refractivity contribution >= 4 is 11.8 Å². The Kier molecular flexibility index (Phi) is 3.69. The smallest absolute Gasteiger partial charge is 0.233 e.